The van der Waals surface area contributed by atoms with E-state index in [4.69, 9.17) is 0 Å². The van der Waals surface area contributed by atoms with Gasteiger partial charge in [-0.05, 0) is 32.4 Å². The van der Waals surface area contributed by atoms with Gasteiger partial charge >= 0.3 is 6.18 Å². The van der Waals surface area contributed by atoms with Crippen LogP contribution in [0.4, 0.5) is 13.2 Å². The number of rotatable bonds is 3. The lowest BCUT2D eigenvalue weighted by Gasteiger charge is -2.26. The van der Waals surface area contributed by atoms with Crippen LogP contribution in [-0.2, 0) is 21.7 Å². The maximum absolute atomic E-state index is 12.9. The molecule has 0 bridgehead atoms. The van der Waals surface area contributed by atoms with E-state index in [-0.39, 0.29) is 23.9 Å². The zero-order valence-corrected chi connectivity index (χ0v) is 14.9. The van der Waals surface area contributed by atoms with E-state index >= 15 is 0 Å². The molecule has 1 amide bonds. The Bertz CT molecular complexity index is 857. The van der Waals surface area contributed by atoms with Gasteiger partial charge < -0.3 is 10.0 Å². The first-order valence-electron chi connectivity index (χ1n) is 8.33. The number of hydrogen-bond acceptors (Lipinski definition) is 5. The second kappa shape index (κ2) is 6.26. The molecule has 0 saturated carbocycles. The van der Waals surface area contributed by atoms with Crippen LogP contribution in [0.1, 0.15) is 32.2 Å². The van der Waals surface area contributed by atoms with Gasteiger partial charge in [0.1, 0.15) is 0 Å². The summed E-state index contributed by atoms with van der Waals surface area (Å²) < 4.78 is 38.7. The highest BCUT2D eigenvalue weighted by atomic mass is 19.4. The average Bonchev–Trinajstić information content (AvgIpc) is 2.83. The number of halogens is 3. The monoisotopic (exact) mass is 381 g/mol. The molecular weight excluding hydrogens is 363 g/mol. The van der Waals surface area contributed by atoms with Gasteiger partial charge in [0.05, 0.1) is 42.2 Å². The van der Waals surface area contributed by atoms with Crippen LogP contribution in [0.25, 0.3) is 0 Å². The van der Waals surface area contributed by atoms with E-state index in [9.17, 15) is 27.9 Å². The first kappa shape index (κ1) is 19.2. The van der Waals surface area contributed by atoms with Crippen LogP contribution in [0.3, 0.4) is 0 Å². The Morgan fingerprint density at radius 2 is 1.78 bits per heavy atom. The number of hydrogen-bond donors (Lipinski definition) is 1. The highest BCUT2D eigenvalue weighted by Gasteiger charge is 2.52. The third-order valence-corrected chi connectivity index (χ3v) is 5.03. The van der Waals surface area contributed by atoms with Gasteiger partial charge in [-0.3, -0.25) is 19.6 Å². The van der Waals surface area contributed by atoms with E-state index < -0.39 is 29.3 Å². The lowest BCUT2D eigenvalue weighted by Crippen LogP contribution is -2.40. The molecule has 0 aromatic carbocycles. The SMILES string of the molecule is CC1C(=O)N(Cc2cnc(C(C)(O)C(F)(F)F)cn2)C2=C1C=CC(=O)C2C. The fourth-order valence-electron chi connectivity index (χ4n) is 3.19. The van der Waals surface area contributed by atoms with Gasteiger partial charge in [0.15, 0.2) is 5.78 Å². The van der Waals surface area contributed by atoms with Crippen molar-refractivity contribution in [3.05, 3.63) is 47.2 Å². The summed E-state index contributed by atoms with van der Waals surface area (Å²) >= 11 is 0. The summed E-state index contributed by atoms with van der Waals surface area (Å²) in [6.45, 7) is 4.02. The molecule has 6 nitrogen and oxygen atoms in total. The van der Waals surface area contributed by atoms with Crippen molar-refractivity contribution in [2.24, 2.45) is 11.8 Å². The van der Waals surface area contributed by atoms with Gasteiger partial charge in [-0.15, -0.1) is 0 Å². The number of alkyl halides is 3. The van der Waals surface area contributed by atoms with E-state index in [0.717, 1.165) is 18.0 Å². The molecule has 1 N–H and O–H groups in total. The topological polar surface area (TPSA) is 83.4 Å². The van der Waals surface area contributed by atoms with E-state index in [1.807, 2.05) is 0 Å². The van der Waals surface area contributed by atoms with Crippen molar-refractivity contribution in [1.29, 1.82) is 0 Å². The van der Waals surface area contributed by atoms with Crippen molar-refractivity contribution >= 4 is 11.7 Å². The molecule has 9 heteroatoms. The minimum Gasteiger partial charge on any atom is -0.375 e. The Balaban J connectivity index is 1.87. The lowest BCUT2D eigenvalue weighted by atomic mass is 9.90. The first-order chi connectivity index (χ1) is 12.4. The summed E-state index contributed by atoms with van der Waals surface area (Å²) in [4.78, 5) is 33.6. The molecule has 0 spiro atoms. The highest BCUT2D eigenvalue weighted by Crippen LogP contribution is 2.39. The molecule has 1 aliphatic carbocycles. The minimum absolute atomic E-state index is 0.0189. The van der Waals surface area contributed by atoms with Crippen LogP contribution in [0.2, 0.25) is 0 Å². The standard InChI is InChI=1S/C18H18F3N3O3/c1-9-12-4-5-13(25)10(2)15(12)24(16(9)26)8-11-6-23-14(7-22-11)17(3,27)18(19,20)21/h4-7,9-10,27H,8H2,1-3H3. The van der Waals surface area contributed by atoms with E-state index in [1.54, 1.807) is 19.9 Å². The summed E-state index contributed by atoms with van der Waals surface area (Å²) in [6, 6.07) is 0. The largest absolute Gasteiger partial charge is 0.422 e. The lowest BCUT2D eigenvalue weighted by molar-refractivity contribution is -0.260. The normalized spacial score (nSPS) is 25.1. The van der Waals surface area contributed by atoms with E-state index in [0.29, 0.717) is 12.6 Å². The molecule has 27 heavy (non-hydrogen) atoms. The molecule has 1 aromatic rings. The smallest absolute Gasteiger partial charge is 0.375 e. The molecule has 3 unspecified atom stereocenters. The third-order valence-electron chi connectivity index (χ3n) is 5.03. The summed E-state index contributed by atoms with van der Waals surface area (Å²) in [5, 5.41) is 9.65. The molecule has 1 aliphatic heterocycles. The van der Waals surface area contributed by atoms with Crippen molar-refractivity contribution in [3.8, 4) is 0 Å². The van der Waals surface area contributed by atoms with Crippen LogP contribution in [0.15, 0.2) is 35.8 Å². The summed E-state index contributed by atoms with van der Waals surface area (Å²) in [6.07, 6.45) is 0.127. The number of nitrogens with zero attached hydrogens (tertiary/aromatic N) is 3. The van der Waals surface area contributed by atoms with Crippen LogP contribution in [0, 0.1) is 11.8 Å². The summed E-state index contributed by atoms with van der Waals surface area (Å²) in [5.41, 5.74) is -2.16. The molecule has 2 heterocycles. The highest BCUT2D eigenvalue weighted by molar-refractivity contribution is 5.99. The second-order valence-corrected chi connectivity index (χ2v) is 6.91. The van der Waals surface area contributed by atoms with Crippen LogP contribution >= 0.6 is 0 Å². The molecule has 3 rings (SSSR count). The Labute approximate surface area is 153 Å². The van der Waals surface area contributed by atoms with E-state index in [2.05, 4.69) is 9.97 Å². The van der Waals surface area contributed by atoms with E-state index in [1.165, 1.54) is 11.0 Å². The fraction of sp³-hybridized carbons (Fsp3) is 0.444. The molecular formula is C18H18F3N3O3. The number of aliphatic hydroxyl groups is 1. The second-order valence-electron chi connectivity index (χ2n) is 6.91. The molecule has 144 valence electrons. The number of carbonyl (C=O) groups is 2. The predicted molar refractivity (Wildman–Crippen MR) is 87.7 cm³/mol. The Hall–Kier alpha value is -2.55. The zero-order chi connectivity index (χ0) is 20.1. The Kier molecular flexibility index (Phi) is 4.46. The predicted octanol–water partition coefficient (Wildman–Crippen LogP) is 2.25. The van der Waals surface area contributed by atoms with Crippen molar-refractivity contribution < 1.29 is 27.9 Å². The maximum Gasteiger partial charge on any atom is 0.422 e. The summed E-state index contributed by atoms with van der Waals surface area (Å²) in [5.74, 6) is -1.23. The molecule has 3 atom stereocenters. The zero-order valence-electron chi connectivity index (χ0n) is 14.9. The molecule has 0 radical (unpaired) electrons. The van der Waals surface area contributed by atoms with Crippen molar-refractivity contribution in [1.82, 2.24) is 14.9 Å². The molecule has 1 aromatic heterocycles. The van der Waals surface area contributed by atoms with Crippen LogP contribution < -0.4 is 0 Å². The van der Waals surface area contributed by atoms with Crippen molar-refractivity contribution in [3.63, 3.8) is 0 Å². The van der Waals surface area contributed by atoms with Gasteiger partial charge in [-0.2, -0.15) is 13.2 Å². The fourth-order valence-corrected chi connectivity index (χ4v) is 3.19. The summed E-state index contributed by atoms with van der Waals surface area (Å²) in [7, 11) is 0. The van der Waals surface area contributed by atoms with Gasteiger partial charge in [-0.25, -0.2) is 0 Å². The first-order valence-corrected chi connectivity index (χ1v) is 8.33. The van der Waals surface area contributed by atoms with Gasteiger partial charge in [0.2, 0.25) is 11.5 Å². The molecule has 0 fully saturated rings. The van der Waals surface area contributed by atoms with Gasteiger partial charge in [-0.1, -0.05) is 6.08 Å². The quantitative estimate of drug-likeness (QED) is 0.868. The average molecular weight is 381 g/mol. The Morgan fingerprint density at radius 1 is 1.11 bits per heavy atom. The van der Waals surface area contributed by atoms with Crippen molar-refractivity contribution in [2.75, 3.05) is 0 Å². The van der Waals surface area contributed by atoms with Crippen LogP contribution in [0.5, 0.6) is 0 Å². The molecule has 0 saturated heterocycles. The maximum atomic E-state index is 12.9. The van der Waals surface area contributed by atoms with Gasteiger partial charge in [0.25, 0.3) is 0 Å². The van der Waals surface area contributed by atoms with Crippen LogP contribution in [-0.4, -0.2) is 37.8 Å². The number of ketones is 1. The number of carbonyl (C=O) groups excluding carboxylic acids is 2. The number of aromatic nitrogens is 2. The minimum atomic E-state index is -4.90. The van der Waals surface area contributed by atoms with Gasteiger partial charge in [0, 0.05) is 5.70 Å². The number of allylic oxidation sites excluding steroid dienone is 3. The Morgan fingerprint density at radius 3 is 2.33 bits per heavy atom. The van der Waals surface area contributed by atoms with Crippen molar-refractivity contribution in [2.45, 2.75) is 39.1 Å². The molecule has 2 aliphatic rings. The third kappa shape index (κ3) is 3.05. The number of amides is 1.